The quantitative estimate of drug-likeness (QED) is 0.567. The van der Waals surface area contributed by atoms with E-state index in [1.54, 1.807) is 0 Å². The maximum atomic E-state index is 13.2. The number of primary amides is 1. The van der Waals surface area contributed by atoms with Gasteiger partial charge in [0.1, 0.15) is 17.4 Å². The number of quaternary nitrogens is 1. The summed E-state index contributed by atoms with van der Waals surface area (Å²) in [7, 11) is 0. The molecule has 1 saturated heterocycles. The molecule has 1 aliphatic heterocycles. The highest BCUT2D eigenvalue weighted by Crippen LogP contribution is 2.32. The number of nitrogens with one attached hydrogen (secondary N) is 2. The van der Waals surface area contributed by atoms with E-state index < -0.39 is 29.4 Å². The fourth-order valence-electron chi connectivity index (χ4n) is 2.15. The van der Waals surface area contributed by atoms with Crippen LogP contribution >= 0.6 is 0 Å². The lowest BCUT2D eigenvalue weighted by Gasteiger charge is -2.20. The summed E-state index contributed by atoms with van der Waals surface area (Å²) in [6.07, 6.45) is -4.38. The van der Waals surface area contributed by atoms with E-state index in [0.29, 0.717) is 31.6 Å². The summed E-state index contributed by atoms with van der Waals surface area (Å²) in [5, 5.41) is 11.7. The van der Waals surface area contributed by atoms with Gasteiger partial charge in [-0.3, -0.25) is 5.32 Å². The van der Waals surface area contributed by atoms with Crippen molar-refractivity contribution in [3.8, 4) is 0 Å². The van der Waals surface area contributed by atoms with Crippen LogP contribution in [0.2, 0.25) is 0 Å². The van der Waals surface area contributed by atoms with Crippen LogP contribution in [0.15, 0.2) is 18.2 Å². The number of nitrogens with two attached hydrogens (primary N) is 1. The summed E-state index contributed by atoms with van der Waals surface area (Å²) in [4.78, 5) is 12.0. The molecule has 1 heterocycles. The molecule has 1 atom stereocenters. The molecule has 0 aliphatic carbocycles. The highest BCUT2D eigenvalue weighted by atomic mass is 19.4. The summed E-state index contributed by atoms with van der Waals surface area (Å²) < 4.78 is 51.0. The summed E-state index contributed by atoms with van der Waals surface area (Å²) in [5.74, 6) is -2.50. The average Bonchev–Trinajstić information content (AvgIpc) is 2.40. The summed E-state index contributed by atoms with van der Waals surface area (Å²) >= 11 is 0. The molecule has 8 heteroatoms. The lowest BCUT2D eigenvalue weighted by molar-refractivity contribution is -0.486. The molecular formula is C13H14F4N3O+. The number of rotatable bonds is 2. The predicted molar refractivity (Wildman–Crippen MR) is 66.7 cm³/mol. The minimum Gasteiger partial charge on any atom is -0.315 e. The maximum absolute atomic E-state index is 13.2. The molecule has 1 aromatic rings. The molecule has 4 N–H and O–H groups in total. The third-order valence-corrected chi connectivity index (χ3v) is 3.29. The Morgan fingerprint density at radius 3 is 2.71 bits per heavy atom. The molecule has 1 fully saturated rings. The maximum Gasteiger partial charge on any atom is 0.419 e. The standard InChI is InChI=1S/C13H13F4N3O/c14-10-2-1-7(5-9(10)13(15,16)17)20-12(21)8-6-19-4-3-11(8)18/h1-2,5,8,18-19H,3-4,6H2,(H,20,21)/p+1. The molecule has 21 heavy (non-hydrogen) atoms. The van der Waals surface area contributed by atoms with Crippen LogP contribution in [0.4, 0.5) is 23.2 Å². The predicted octanol–water partition coefficient (Wildman–Crippen LogP) is 1.20. The minimum absolute atomic E-state index is 0.0212. The van der Waals surface area contributed by atoms with Crippen LogP contribution in [0.25, 0.3) is 0 Å². The van der Waals surface area contributed by atoms with Gasteiger partial charge in [-0.1, -0.05) is 0 Å². The first kappa shape index (κ1) is 15.6. The Balaban J connectivity index is 2.16. The van der Waals surface area contributed by atoms with Crippen LogP contribution < -0.4 is 10.6 Å². The van der Waals surface area contributed by atoms with E-state index in [1.807, 2.05) is 0 Å². The number of amides is 1. The number of piperidine rings is 1. The van der Waals surface area contributed by atoms with Crippen LogP contribution in [0, 0.1) is 17.1 Å². The molecule has 114 valence electrons. The number of carbonyl (C=O) groups is 1. The van der Waals surface area contributed by atoms with Crippen molar-refractivity contribution < 1.29 is 27.7 Å². The Bertz CT molecular complexity index is 571. The zero-order chi connectivity index (χ0) is 15.6. The summed E-state index contributed by atoms with van der Waals surface area (Å²) in [5.41, 5.74) is -1.17. The van der Waals surface area contributed by atoms with E-state index in [0.717, 1.165) is 11.4 Å². The van der Waals surface area contributed by atoms with Crippen molar-refractivity contribution in [3.63, 3.8) is 0 Å². The molecule has 1 aliphatic rings. The van der Waals surface area contributed by atoms with Gasteiger partial charge in [-0.15, -0.1) is 0 Å². The monoisotopic (exact) mass is 304 g/mol. The van der Waals surface area contributed by atoms with E-state index in [9.17, 15) is 22.4 Å². The summed E-state index contributed by atoms with van der Waals surface area (Å²) in [6, 6.07) is 2.40. The first-order chi connectivity index (χ1) is 9.79. The molecule has 0 saturated carbocycles. The van der Waals surface area contributed by atoms with E-state index in [1.165, 1.54) is 0 Å². The first-order valence-corrected chi connectivity index (χ1v) is 6.32. The van der Waals surface area contributed by atoms with Gasteiger partial charge in [-0.05, 0) is 12.5 Å². The molecule has 0 spiro atoms. The Labute approximate surface area is 118 Å². The van der Waals surface area contributed by atoms with E-state index in [4.69, 9.17) is 5.41 Å². The Kier molecular flexibility index (Phi) is 4.38. The average molecular weight is 304 g/mol. The van der Waals surface area contributed by atoms with Crippen molar-refractivity contribution in [1.82, 2.24) is 5.32 Å². The van der Waals surface area contributed by atoms with E-state index in [2.05, 4.69) is 5.32 Å². The molecule has 1 aromatic carbocycles. The van der Waals surface area contributed by atoms with Gasteiger partial charge in [0.15, 0.2) is 0 Å². The molecule has 0 radical (unpaired) electrons. The van der Waals surface area contributed by atoms with Crippen molar-refractivity contribution in [2.24, 2.45) is 5.92 Å². The normalized spacial score (nSPS) is 19.6. The molecule has 2 rings (SSSR count). The molecule has 1 amide bonds. The molecule has 1 unspecified atom stereocenters. The van der Waals surface area contributed by atoms with Gasteiger partial charge >= 0.3 is 12.1 Å². The lowest BCUT2D eigenvalue weighted by Crippen LogP contribution is -2.85. The minimum atomic E-state index is -4.81. The second-order valence-electron chi connectivity index (χ2n) is 4.82. The summed E-state index contributed by atoms with van der Waals surface area (Å²) in [6.45, 7) is 0.902. The van der Waals surface area contributed by atoms with Gasteiger partial charge in [0.05, 0.1) is 5.56 Å². The first-order valence-electron chi connectivity index (χ1n) is 6.32. The highest BCUT2D eigenvalue weighted by molar-refractivity contribution is 6.00. The fourth-order valence-corrected chi connectivity index (χ4v) is 2.15. The van der Waals surface area contributed by atoms with Crippen LogP contribution in [0.1, 0.15) is 12.0 Å². The van der Waals surface area contributed by atoms with Crippen molar-refractivity contribution in [1.29, 1.82) is 5.41 Å². The van der Waals surface area contributed by atoms with Gasteiger partial charge in [0, 0.05) is 30.9 Å². The highest BCUT2D eigenvalue weighted by Gasteiger charge is 2.35. The smallest absolute Gasteiger partial charge is 0.315 e. The third kappa shape index (κ3) is 3.64. The second kappa shape index (κ2) is 5.90. The second-order valence-corrected chi connectivity index (χ2v) is 4.82. The van der Waals surface area contributed by atoms with Crippen molar-refractivity contribution in [2.45, 2.75) is 12.6 Å². The SMILES string of the molecule is N=C1CCNCC1C(=O)[NH2+]c1ccc(F)c(C(F)(F)F)c1. The molecular weight excluding hydrogens is 290 g/mol. The zero-order valence-electron chi connectivity index (χ0n) is 10.9. The van der Waals surface area contributed by atoms with Gasteiger partial charge in [-0.2, -0.15) is 13.2 Å². The largest absolute Gasteiger partial charge is 0.419 e. The van der Waals surface area contributed by atoms with Crippen LogP contribution in [-0.2, 0) is 11.0 Å². The van der Waals surface area contributed by atoms with Gasteiger partial charge in [-0.25, -0.2) is 9.18 Å². The van der Waals surface area contributed by atoms with Crippen LogP contribution in [0.3, 0.4) is 0 Å². The van der Waals surface area contributed by atoms with Crippen LogP contribution in [-0.4, -0.2) is 24.7 Å². The van der Waals surface area contributed by atoms with Crippen LogP contribution in [0.5, 0.6) is 0 Å². The number of hydrogen-bond donors (Lipinski definition) is 3. The lowest BCUT2D eigenvalue weighted by atomic mass is 9.96. The number of carbonyl (C=O) groups excluding carboxylic acids is 1. The molecule has 0 bridgehead atoms. The van der Waals surface area contributed by atoms with Crippen molar-refractivity contribution in [2.75, 3.05) is 13.1 Å². The number of benzene rings is 1. The van der Waals surface area contributed by atoms with Gasteiger partial charge < -0.3 is 10.7 Å². The fraction of sp³-hybridized carbons (Fsp3) is 0.385. The van der Waals surface area contributed by atoms with Gasteiger partial charge in [0.2, 0.25) is 0 Å². The third-order valence-electron chi connectivity index (χ3n) is 3.29. The Hall–Kier alpha value is -1.80. The van der Waals surface area contributed by atoms with E-state index >= 15 is 0 Å². The van der Waals surface area contributed by atoms with Gasteiger partial charge in [0.25, 0.3) is 0 Å². The number of alkyl halides is 3. The van der Waals surface area contributed by atoms with Crippen molar-refractivity contribution in [3.05, 3.63) is 29.6 Å². The molecule has 0 aromatic heterocycles. The number of hydrogen-bond acceptors (Lipinski definition) is 3. The van der Waals surface area contributed by atoms with Crippen molar-refractivity contribution >= 4 is 17.3 Å². The Morgan fingerprint density at radius 1 is 1.38 bits per heavy atom. The van der Waals surface area contributed by atoms with E-state index in [-0.39, 0.29) is 11.4 Å². The number of halogens is 4. The topological polar surface area (TPSA) is 69.6 Å². The zero-order valence-corrected chi connectivity index (χ0v) is 10.9. The Morgan fingerprint density at radius 2 is 2.10 bits per heavy atom. The molecule has 4 nitrogen and oxygen atoms in total.